The summed E-state index contributed by atoms with van der Waals surface area (Å²) in [6, 6.07) is 10.5. The predicted molar refractivity (Wildman–Crippen MR) is 91.5 cm³/mol. The van der Waals surface area contributed by atoms with Gasteiger partial charge in [-0.2, -0.15) is 0 Å². The van der Waals surface area contributed by atoms with Crippen molar-refractivity contribution in [1.29, 1.82) is 0 Å². The van der Waals surface area contributed by atoms with Gasteiger partial charge in [-0.05, 0) is 35.9 Å². The zero-order chi connectivity index (χ0) is 17.5. The van der Waals surface area contributed by atoms with Gasteiger partial charge in [0.05, 0.1) is 15.7 Å². The minimum atomic E-state index is -0.718. The van der Waals surface area contributed by atoms with Gasteiger partial charge < -0.3 is 10.1 Å². The molecule has 24 heavy (non-hydrogen) atoms. The molecule has 4 nitrogen and oxygen atoms in total. The second-order valence-corrected chi connectivity index (χ2v) is 5.46. The monoisotopic (exact) mass is 367 g/mol. The van der Waals surface area contributed by atoms with Gasteiger partial charge in [-0.1, -0.05) is 41.4 Å². The lowest BCUT2D eigenvalue weighted by molar-refractivity contribution is -0.142. The van der Waals surface area contributed by atoms with Crippen molar-refractivity contribution in [3.63, 3.8) is 0 Å². The highest BCUT2D eigenvalue weighted by molar-refractivity contribution is 6.42. The highest BCUT2D eigenvalue weighted by atomic mass is 35.5. The van der Waals surface area contributed by atoms with Crippen molar-refractivity contribution in [3.05, 3.63) is 70.0 Å². The molecule has 2 rings (SSSR count). The lowest BCUT2D eigenvalue weighted by Crippen LogP contribution is -2.20. The van der Waals surface area contributed by atoms with Crippen LogP contribution in [-0.4, -0.2) is 18.5 Å². The number of ether oxygens (including phenoxy) is 1. The fourth-order valence-electron chi connectivity index (χ4n) is 1.71. The molecule has 0 radical (unpaired) electrons. The maximum atomic E-state index is 13.4. The Hall–Kier alpha value is -2.37. The molecule has 0 atom stereocenters. The Morgan fingerprint density at radius 2 is 1.88 bits per heavy atom. The maximum Gasteiger partial charge on any atom is 0.331 e. The fourth-order valence-corrected chi connectivity index (χ4v) is 2.02. The number of carbonyl (C=O) groups is 2. The molecule has 0 aliphatic carbocycles. The topological polar surface area (TPSA) is 55.4 Å². The summed E-state index contributed by atoms with van der Waals surface area (Å²) in [6.45, 7) is -0.529. The fraction of sp³-hybridized carbons (Fsp3) is 0.0588. The number of benzene rings is 2. The first kappa shape index (κ1) is 18.0. The van der Waals surface area contributed by atoms with Crippen molar-refractivity contribution >= 4 is 46.8 Å². The number of esters is 1. The number of halogens is 3. The van der Waals surface area contributed by atoms with Crippen LogP contribution in [0.15, 0.2) is 48.5 Å². The summed E-state index contributed by atoms with van der Waals surface area (Å²) < 4.78 is 18.1. The molecule has 0 bridgehead atoms. The van der Waals surface area contributed by atoms with Crippen LogP contribution in [0.25, 0.3) is 6.08 Å². The summed E-state index contributed by atoms with van der Waals surface area (Å²) in [5, 5.41) is 3.07. The number of hydrogen-bond acceptors (Lipinski definition) is 3. The number of para-hydroxylation sites is 1. The Kier molecular flexibility index (Phi) is 6.35. The number of nitrogens with one attached hydrogen (secondary N) is 1. The largest absolute Gasteiger partial charge is 0.452 e. The Morgan fingerprint density at radius 1 is 1.12 bits per heavy atom. The van der Waals surface area contributed by atoms with Crippen LogP contribution >= 0.6 is 23.2 Å². The van der Waals surface area contributed by atoms with Crippen LogP contribution in [0.2, 0.25) is 10.0 Å². The second-order valence-electron chi connectivity index (χ2n) is 4.64. The molecule has 1 amide bonds. The molecule has 0 aromatic heterocycles. The van der Waals surface area contributed by atoms with Crippen LogP contribution in [0.4, 0.5) is 10.1 Å². The first-order valence-corrected chi connectivity index (χ1v) is 7.55. The molecule has 2 aromatic rings. The molecule has 0 aliphatic rings. The Balaban J connectivity index is 1.84. The molecule has 0 aliphatic heterocycles. The second kappa shape index (κ2) is 8.47. The summed E-state index contributed by atoms with van der Waals surface area (Å²) in [6.07, 6.45) is 2.62. The number of anilines is 1. The first-order chi connectivity index (χ1) is 11.5. The van der Waals surface area contributed by atoms with E-state index in [0.717, 1.165) is 6.08 Å². The van der Waals surface area contributed by atoms with E-state index in [1.807, 2.05) is 0 Å². The molecule has 124 valence electrons. The van der Waals surface area contributed by atoms with E-state index >= 15 is 0 Å². The summed E-state index contributed by atoms with van der Waals surface area (Å²) in [4.78, 5) is 23.2. The van der Waals surface area contributed by atoms with Gasteiger partial charge in [0, 0.05) is 6.08 Å². The van der Waals surface area contributed by atoms with Gasteiger partial charge in [0.15, 0.2) is 6.61 Å². The predicted octanol–water partition coefficient (Wildman–Crippen LogP) is 4.33. The van der Waals surface area contributed by atoms with Crippen LogP contribution < -0.4 is 5.32 Å². The van der Waals surface area contributed by atoms with Gasteiger partial charge in [0.1, 0.15) is 5.82 Å². The zero-order valence-electron chi connectivity index (χ0n) is 12.3. The lowest BCUT2D eigenvalue weighted by atomic mass is 10.2. The summed E-state index contributed by atoms with van der Waals surface area (Å²) >= 11 is 11.6. The van der Waals surface area contributed by atoms with E-state index in [1.54, 1.807) is 24.3 Å². The third-order valence-corrected chi connectivity index (χ3v) is 3.59. The van der Waals surface area contributed by atoms with Crippen molar-refractivity contribution in [2.24, 2.45) is 0 Å². The molecular weight excluding hydrogens is 356 g/mol. The van der Waals surface area contributed by atoms with Crippen LogP contribution in [0.3, 0.4) is 0 Å². The van der Waals surface area contributed by atoms with E-state index in [4.69, 9.17) is 27.9 Å². The number of rotatable bonds is 5. The van der Waals surface area contributed by atoms with Gasteiger partial charge in [0.2, 0.25) is 0 Å². The van der Waals surface area contributed by atoms with E-state index < -0.39 is 24.3 Å². The maximum absolute atomic E-state index is 13.4. The Labute approximate surface area is 147 Å². The minimum Gasteiger partial charge on any atom is -0.452 e. The van der Waals surface area contributed by atoms with Crippen LogP contribution in [0.1, 0.15) is 5.56 Å². The molecule has 1 N–H and O–H groups in total. The van der Waals surface area contributed by atoms with Crippen molar-refractivity contribution in [2.75, 3.05) is 11.9 Å². The smallest absolute Gasteiger partial charge is 0.331 e. The third kappa shape index (κ3) is 5.37. The van der Waals surface area contributed by atoms with Gasteiger partial charge in [-0.3, -0.25) is 4.79 Å². The Morgan fingerprint density at radius 3 is 2.58 bits per heavy atom. The van der Waals surface area contributed by atoms with Crippen molar-refractivity contribution in [3.8, 4) is 0 Å². The minimum absolute atomic E-state index is 0.0184. The highest BCUT2D eigenvalue weighted by Gasteiger charge is 2.08. The lowest BCUT2D eigenvalue weighted by Gasteiger charge is -2.06. The van der Waals surface area contributed by atoms with Gasteiger partial charge in [-0.25, -0.2) is 9.18 Å². The summed E-state index contributed by atoms with van der Waals surface area (Å²) in [5.74, 6) is -1.93. The Bertz CT molecular complexity index is 793. The zero-order valence-corrected chi connectivity index (χ0v) is 13.8. The van der Waals surface area contributed by atoms with Crippen molar-refractivity contribution in [1.82, 2.24) is 0 Å². The first-order valence-electron chi connectivity index (χ1n) is 6.80. The number of amides is 1. The molecule has 0 spiro atoms. The molecular formula is C17H12Cl2FNO3. The SMILES string of the molecule is O=C(COC(=O)C=Cc1ccc(Cl)c(Cl)c1)Nc1ccccc1F. The van der Waals surface area contributed by atoms with E-state index in [-0.39, 0.29) is 5.69 Å². The summed E-state index contributed by atoms with van der Waals surface area (Å²) in [7, 11) is 0. The molecule has 0 unspecified atom stereocenters. The van der Waals surface area contributed by atoms with Crippen LogP contribution in [0, 0.1) is 5.82 Å². The van der Waals surface area contributed by atoms with Gasteiger partial charge in [0.25, 0.3) is 5.91 Å². The highest BCUT2D eigenvalue weighted by Crippen LogP contribution is 2.23. The average molecular weight is 368 g/mol. The van der Waals surface area contributed by atoms with Crippen LogP contribution in [0.5, 0.6) is 0 Å². The van der Waals surface area contributed by atoms with Gasteiger partial charge in [-0.15, -0.1) is 0 Å². The summed E-state index contributed by atoms with van der Waals surface area (Å²) in [5.41, 5.74) is 0.669. The van der Waals surface area contributed by atoms with E-state index in [9.17, 15) is 14.0 Å². The van der Waals surface area contributed by atoms with E-state index in [2.05, 4.69) is 5.32 Å². The van der Waals surface area contributed by atoms with E-state index in [0.29, 0.717) is 15.6 Å². The standard InChI is InChI=1S/C17H12Cl2FNO3/c18-12-7-5-11(9-13(12)19)6-8-17(23)24-10-16(22)21-15-4-2-1-3-14(15)20/h1-9H,10H2,(H,21,22). The number of hydrogen-bond donors (Lipinski definition) is 1. The third-order valence-electron chi connectivity index (χ3n) is 2.85. The molecule has 0 heterocycles. The van der Waals surface area contributed by atoms with E-state index in [1.165, 1.54) is 24.3 Å². The normalized spacial score (nSPS) is 10.6. The molecule has 0 fully saturated rings. The van der Waals surface area contributed by atoms with Crippen molar-refractivity contribution in [2.45, 2.75) is 0 Å². The van der Waals surface area contributed by atoms with Crippen LogP contribution in [-0.2, 0) is 14.3 Å². The number of carbonyl (C=O) groups excluding carboxylic acids is 2. The quantitative estimate of drug-likeness (QED) is 0.632. The molecule has 0 saturated heterocycles. The molecule has 2 aromatic carbocycles. The van der Waals surface area contributed by atoms with Gasteiger partial charge >= 0.3 is 5.97 Å². The van der Waals surface area contributed by atoms with Crippen molar-refractivity contribution < 1.29 is 18.7 Å². The molecule has 0 saturated carbocycles. The molecule has 7 heteroatoms. The average Bonchev–Trinajstić information content (AvgIpc) is 2.56.